The highest BCUT2D eigenvalue weighted by Crippen LogP contribution is 2.35. The Hall–Kier alpha value is -1.43. The zero-order valence-corrected chi connectivity index (χ0v) is 13.8. The molecule has 0 aromatic heterocycles. The third-order valence-electron chi connectivity index (χ3n) is 3.37. The highest BCUT2D eigenvalue weighted by Gasteiger charge is 2.18. The van der Waals surface area contributed by atoms with Crippen molar-refractivity contribution in [1.29, 1.82) is 0 Å². The largest absolute Gasteiger partial charge is 0.454 e. The standard InChI is InChI=1S/C17H22O4S/c1-4-22-12(2)5-7-14(19-3)10-15(18)13-6-8-16-17(9-13)21-11-20-16/h5-9,14-15,18H,2,4,10-11H2,1,3H3/b7-5-. The van der Waals surface area contributed by atoms with Gasteiger partial charge in [-0.3, -0.25) is 0 Å². The van der Waals surface area contributed by atoms with Gasteiger partial charge in [-0.15, -0.1) is 11.8 Å². The lowest BCUT2D eigenvalue weighted by molar-refractivity contribution is 0.0717. The van der Waals surface area contributed by atoms with Crippen molar-refractivity contribution in [3.8, 4) is 11.5 Å². The maximum absolute atomic E-state index is 10.4. The van der Waals surface area contributed by atoms with E-state index in [1.807, 2.05) is 30.4 Å². The highest BCUT2D eigenvalue weighted by molar-refractivity contribution is 8.03. The van der Waals surface area contributed by atoms with E-state index in [9.17, 15) is 5.11 Å². The summed E-state index contributed by atoms with van der Waals surface area (Å²) < 4.78 is 16.0. The summed E-state index contributed by atoms with van der Waals surface area (Å²) in [6.45, 7) is 6.27. The average Bonchev–Trinajstić information content (AvgIpc) is 2.98. The Balaban J connectivity index is 1.97. The summed E-state index contributed by atoms with van der Waals surface area (Å²) in [6.07, 6.45) is 3.54. The number of aliphatic hydroxyl groups excluding tert-OH is 1. The molecule has 22 heavy (non-hydrogen) atoms. The lowest BCUT2D eigenvalue weighted by Gasteiger charge is -2.17. The first-order valence-electron chi connectivity index (χ1n) is 7.24. The Morgan fingerprint density at radius 2 is 2.23 bits per heavy atom. The molecule has 5 heteroatoms. The van der Waals surface area contributed by atoms with Crippen molar-refractivity contribution in [2.24, 2.45) is 0 Å². The number of hydrogen-bond acceptors (Lipinski definition) is 5. The molecule has 0 aliphatic carbocycles. The van der Waals surface area contributed by atoms with Crippen molar-refractivity contribution in [2.75, 3.05) is 19.7 Å². The van der Waals surface area contributed by atoms with Crippen LogP contribution in [-0.4, -0.2) is 30.9 Å². The lowest BCUT2D eigenvalue weighted by Crippen LogP contribution is -2.12. The average molecular weight is 322 g/mol. The molecule has 2 unspecified atom stereocenters. The fourth-order valence-corrected chi connectivity index (χ4v) is 2.72. The van der Waals surface area contributed by atoms with Crippen LogP contribution in [-0.2, 0) is 4.74 Å². The Labute approximate surface area is 135 Å². The van der Waals surface area contributed by atoms with Crippen LogP contribution in [0.5, 0.6) is 11.5 Å². The number of benzene rings is 1. The first kappa shape index (κ1) is 16.9. The van der Waals surface area contributed by atoms with Gasteiger partial charge in [-0.05, 0) is 28.4 Å². The lowest BCUT2D eigenvalue weighted by atomic mass is 10.0. The van der Waals surface area contributed by atoms with E-state index in [1.165, 1.54) is 0 Å². The molecule has 1 aliphatic heterocycles. The summed E-state index contributed by atoms with van der Waals surface area (Å²) in [5.74, 6) is 2.38. The number of rotatable bonds is 8. The van der Waals surface area contributed by atoms with Gasteiger partial charge in [0.2, 0.25) is 6.79 Å². The minimum Gasteiger partial charge on any atom is -0.454 e. The normalized spacial score (nSPS) is 16.0. The summed E-state index contributed by atoms with van der Waals surface area (Å²) in [7, 11) is 1.64. The van der Waals surface area contributed by atoms with E-state index < -0.39 is 6.10 Å². The molecule has 1 aliphatic rings. The molecular weight excluding hydrogens is 300 g/mol. The first-order valence-corrected chi connectivity index (χ1v) is 8.23. The van der Waals surface area contributed by atoms with Gasteiger partial charge in [0.05, 0.1) is 12.2 Å². The van der Waals surface area contributed by atoms with Crippen molar-refractivity contribution in [2.45, 2.75) is 25.6 Å². The number of fused-ring (bicyclic) bond motifs is 1. The van der Waals surface area contributed by atoms with Crippen LogP contribution in [0.1, 0.15) is 25.0 Å². The number of aliphatic hydroxyl groups is 1. The molecule has 0 saturated carbocycles. The Bertz CT molecular complexity index is 541. The van der Waals surface area contributed by atoms with E-state index in [0.29, 0.717) is 17.9 Å². The molecule has 0 bridgehead atoms. The minimum absolute atomic E-state index is 0.172. The maximum Gasteiger partial charge on any atom is 0.231 e. The molecule has 0 amide bonds. The van der Waals surface area contributed by atoms with Crippen molar-refractivity contribution in [1.82, 2.24) is 0 Å². The van der Waals surface area contributed by atoms with Crippen LogP contribution in [0.15, 0.2) is 41.8 Å². The smallest absolute Gasteiger partial charge is 0.231 e. The van der Waals surface area contributed by atoms with E-state index in [-0.39, 0.29) is 12.9 Å². The van der Waals surface area contributed by atoms with E-state index in [0.717, 1.165) is 16.2 Å². The molecule has 1 aromatic carbocycles. The molecular formula is C17H22O4S. The van der Waals surface area contributed by atoms with Crippen molar-refractivity contribution >= 4 is 11.8 Å². The highest BCUT2D eigenvalue weighted by atomic mass is 32.2. The topological polar surface area (TPSA) is 47.9 Å². The SMILES string of the molecule is C=C(/C=C\C(CC(O)c1ccc2c(c1)OCO2)OC)SCC. The summed E-state index contributed by atoms with van der Waals surface area (Å²) in [5.41, 5.74) is 0.793. The molecule has 0 spiro atoms. The van der Waals surface area contributed by atoms with E-state index >= 15 is 0 Å². The van der Waals surface area contributed by atoms with Crippen LogP contribution >= 0.6 is 11.8 Å². The van der Waals surface area contributed by atoms with Crippen molar-refractivity contribution in [3.05, 3.63) is 47.4 Å². The molecule has 0 fully saturated rings. The Kier molecular flexibility index (Phi) is 6.36. The summed E-state index contributed by atoms with van der Waals surface area (Å²) in [4.78, 5) is 0.988. The quantitative estimate of drug-likeness (QED) is 0.740. The second-order valence-corrected chi connectivity index (χ2v) is 6.29. The second kappa shape index (κ2) is 8.27. The zero-order chi connectivity index (χ0) is 15.9. The van der Waals surface area contributed by atoms with Crippen LogP contribution in [0.3, 0.4) is 0 Å². The number of thioether (sulfide) groups is 1. The van der Waals surface area contributed by atoms with Crippen molar-refractivity contribution < 1.29 is 19.3 Å². The van der Waals surface area contributed by atoms with Gasteiger partial charge in [0.15, 0.2) is 11.5 Å². The third-order valence-corrected chi connectivity index (χ3v) is 4.16. The third kappa shape index (κ3) is 4.53. The van der Waals surface area contributed by atoms with E-state index in [1.54, 1.807) is 18.9 Å². The molecule has 120 valence electrons. The predicted octanol–water partition coefficient (Wildman–Crippen LogP) is 3.68. The zero-order valence-electron chi connectivity index (χ0n) is 13.0. The number of allylic oxidation sites excluding steroid dienone is 1. The molecule has 1 aromatic rings. The van der Waals surface area contributed by atoms with Crippen LogP contribution < -0.4 is 9.47 Å². The fraction of sp³-hybridized carbons (Fsp3) is 0.412. The monoisotopic (exact) mass is 322 g/mol. The molecule has 2 atom stereocenters. The number of ether oxygens (including phenoxy) is 3. The van der Waals surface area contributed by atoms with Gasteiger partial charge >= 0.3 is 0 Å². The van der Waals surface area contributed by atoms with Crippen molar-refractivity contribution in [3.63, 3.8) is 0 Å². The van der Waals surface area contributed by atoms with Crippen LogP contribution in [0.2, 0.25) is 0 Å². The van der Waals surface area contributed by atoms with Gasteiger partial charge in [0.1, 0.15) is 0 Å². The Morgan fingerprint density at radius 3 is 2.95 bits per heavy atom. The molecule has 0 saturated heterocycles. The summed E-state index contributed by atoms with van der Waals surface area (Å²) in [5, 5.41) is 10.4. The van der Waals surface area contributed by atoms with Gasteiger partial charge in [0, 0.05) is 13.5 Å². The first-order chi connectivity index (χ1) is 10.6. The summed E-state index contributed by atoms with van der Waals surface area (Å²) >= 11 is 1.68. The Morgan fingerprint density at radius 1 is 1.45 bits per heavy atom. The van der Waals surface area contributed by atoms with Crippen LogP contribution in [0.4, 0.5) is 0 Å². The predicted molar refractivity (Wildman–Crippen MR) is 89.4 cm³/mol. The van der Waals surface area contributed by atoms with Gasteiger partial charge in [0.25, 0.3) is 0 Å². The van der Waals surface area contributed by atoms with Gasteiger partial charge < -0.3 is 19.3 Å². The van der Waals surface area contributed by atoms with Crippen LogP contribution in [0, 0.1) is 0 Å². The molecule has 2 rings (SSSR count). The summed E-state index contributed by atoms with van der Waals surface area (Å²) in [6, 6.07) is 5.48. The van der Waals surface area contributed by atoms with Crippen LogP contribution in [0.25, 0.3) is 0 Å². The fourth-order valence-electron chi connectivity index (χ4n) is 2.18. The molecule has 4 nitrogen and oxygen atoms in total. The van der Waals surface area contributed by atoms with Gasteiger partial charge in [-0.2, -0.15) is 0 Å². The number of methoxy groups -OCH3 is 1. The molecule has 0 radical (unpaired) electrons. The minimum atomic E-state index is -0.629. The van der Waals surface area contributed by atoms with E-state index in [4.69, 9.17) is 14.2 Å². The van der Waals surface area contributed by atoms with E-state index in [2.05, 4.69) is 13.5 Å². The second-order valence-electron chi connectivity index (χ2n) is 4.90. The van der Waals surface area contributed by atoms with Gasteiger partial charge in [-0.25, -0.2) is 0 Å². The van der Waals surface area contributed by atoms with Gasteiger partial charge in [-0.1, -0.05) is 31.7 Å². The molecule has 1 heterocycles. The number of hydrogen-bond donors (Lipinski definition) is 1. The molecule has 1 N–H and O–H groups in total. The maximum atomic E-state index is 10.4.